The Labute approximate surface area is 118 Å². The lowest BCUT2D eigenvalue weighted by Crippen LogP contribution is -2.30. The molecule has 0 amide bonds. The van der Waals surface area contributed by atoms with Crippen LogP contribution >= 0.6 is 0 Å². The molecule has 1 unspecified atom stereocenters. The fraction of sp³-hybridized carbons (Fsp3) is 0.294. The van der Waals surface area contributed by atoms with Crippen LogP contribution in [0.4, 0.5) is 4.39 Å². The second kappa shape index (κ2) is 6.06. The van der Waals surface area contributed by atoms with Crippen molar-refractivity contribution >= 4 is 0 Å². The molecular weight excluding hydrogens is 255 g/mol. The van der Waals surface area contributed by atoms with E-state index in [2.05, 4.69) is 0 Å². The molecule has 0 bridgehead atoms. The van der Waals surface area contributed by atoms with E-state index in [9.17, 15) is 9.50 Å². The van der Waals surface area contributed by atoms with Crippen LogP contribution in [0.15, 0.2) is 48.5 Å². The largest absolute Gasteiger partial charge is 0.497 e. The number of hydrogen-bond acceptors (Lipinski definition) is 2. The maximum Gasteiger partial charge on any atom is 0.123 e. The Hall–Kier alpha value is -1.87. The van der Waals surface area contributed by atoms with Gasteiger partial charge in [0.15, 0.2) is 0 Å². The Kier molecular flexibility index (Phi) is 4.40. The van der Waals surface area contributed by atoms with Crippen molar-refractivity contribution in [3.05, 3.63) is 65.5 Å². The first-order valence-electron chi connectivity index (χ1n) is 6.58. The first-order chi connectivity index (χ1) is 9.48. The molecule has 20 heavy (non-hydrogen) atoms. The summed E-state index contributed by atoms with van der Waals surface area (Å²) < 4.78 is 18.0. The van der Waals surface area contributed by atoms with Crippen LogP contribution in [0.5, 0.6) is 5.75 Å². The van der Waals surface area contributed by atoms with Gasteiger partial charge in [-0.05, 0) is 42.3 Å². The molecule has 2 aromatic rings. The highest BCUT2D eigenvalue weighted by Gasteiger charge is 2.21. The zero-order valence-electron chi connectivity index (χ0n) is 11.8. The molecule has 1 N–H and O–H groups in total. The molecule has 0 aliphatic rings. The molecule has 2 rings (SSSR count). The van der Waals surface area contributed by atoms with Crippen molar-refractivity contribution in [1.82, 2.24) is 0 Å². The van der Waals surface area contributed by atoms with Gasteiger partial charge in [-0.3, -0.25) is 0 Å². The third-order valence-corrected chi connectivity index (χ3v) is 3.24. The molecule has 106 valence electrons. The van der Waals surface area contributed by atoms with Crippen molar-refractivity contribution in [1.29, 1.82) is 0 Å². The molecule has 0 aromatic heterocycles. The topological polar surface area (TPSA) is 29.5 Å². The van der Waals surface area contributed by atoms with E-state index < -0.39 is 5.60 Å². The highest BCUT2D eigenvalue weighted by Crippen LogP contribution is 2.21. The summed E-state index contributed by atoms with van der Waals surface area (Å²) in [5.41, 5.74) is 1.09. The SMILES string of the molecule is COc1ccc(CC(C)(O)Cc2ccc(F)cc2)cc1. The van der Waals surface area contributed by atoms with Gasteiger partial charge in [0.1, 0.15) is 11.6 Å². The molecule has 0 radical (unpaired) electrons. The average Bonchev–Trinajstić information content (AvgIpc) is 2.41. The van der Waals surface area contributed by atoms with E-state index in [-0.39, 0.29) is 5.82 Å². The number of halogens is 1. The maximum absolute atomic E-state index is 12.9. The standard InChI is InChI=1S/C17H19FO2/c1-17(19,11-13-3-7-15(18)8-4-13)12-14-5-9-16(20-2)10-6-14/h3-10,19H,11-12H2,1-2H3. The molecule has 0 saturated carbocycles. The van der Waals surface area contributed by atoms with Crippen molar-refractivity contribution < 1.29 is 14.2 Å². The first kappa shape index (κ1) is 14.5. The molecule has 0 aliphatic heterocycles. The van der Waals surface area contributed by atoms with Gasteiger partial charge in [0.25, 0.3) is 0 Å². The summed E-state index contributed by atoms with van der Waals surface area (Å²) in [4.78, 5) is 0. The highest BCUT2D eigenvalue weighted by atomic mass is 19.1. The highest BCUT2D eigenvalue weighted by molar-refractivity contribution is 5.28. The van der Waals surface area contributed by atoms with Gasteiger partial charge in [-0.25, -0.2) is 4.39 Å². The Morgan fingerprint density at radius 2 is 1.40 bits per heavy atom. The van der Waals surface area contributed by atoms with Crippen molar-refractivity contribution in [2.45, 2.75) is 25.4 Å². The smallest absolute Gasteiger partial charge is 0.123 e. The number of ether oxygens (including phenoxy) is 1. The lowest BCUT2D eigenvalue weighted by atomic mass is 9.90. The number of hydrogen-bond donors (Lipinski definition) is 1. The third-order valence-electron chi connectivity index (χ3n) is 3.24. The minimum Gasteiger partial charge on any atom is -0.497 e. The lowest BCUT2D eigenvalue weighted by molar-refractivity contribution is 0.0608. The van der Waals surface area contributed by atoms with Crippen LogP contribution in [-0.2, 0) is 12.8 Å². The van der Waals surface area contributed by atoms with Crippen LogP contribution in [0.3, 0.4) is 0 Å². The van der Waals surface area contributed by atoms with Gasteiger partial charge < -0.3 is 9.84 Å². The molecule has 0 fully saturated rings. The van der Waals surface area contributed by atoms with E-state index in [0.29, 0.717) is 12.8 Å². The predicted octanol–water partition coefficient (Wildman–Crippen LogP) is 3.37. The lowest BCUT2D eigenvalue weighted by Gasteiger charge is -2.23. The second-order valence-electron chi connectivity index (χ2n) is 5.33. The van der Waals surface area contributed by atoms with E-state index >= 15 is 0 Å². The molecule has 0 saturated heterocycles. The zero-order chi connectivity index (χ0) is 14.6. The summed E-state index contributed by atoms with van der Waals surface area (Å²) in [5.74, 6) is 0.537. The van der Waals surface area contributed by atoms with Crippen LogP contribution in [-0.4, -0.2) is 17.8 Å². The number of methoxy groups -OCH3 is 1. The summed E-state index contributed by atoms with van der Waals surface area (Å²) in [5, 5.41) is 10.5. The summed E-state index contributed by atoms with van der Waals surface area (Å²) >= 11 is 0. The van der Waals surface area contributed by atoms with Crippen molar-refractivity contribution in [2.24, 2.45) is 0 Å². The van der Waals surface area contributed by atoms with Crippen LogP contribution in [0.25, 0.3) is 0 Å². The molecule has 2 nitrogen and oxygen atoms in total. The molecule has 0 spiro atoms. The second-order valence-corrected chi connectivity index (χ2v) is 5.33. The van der Waals surface area contributed by atoms with Crippen molar-refractivity contribution in [3.63, 3.8) is 0 Å². The maximum atomic E-state index is 12.9. The predicted molar refractivity (Wildman–Crippen MR) is 77.4 cm³/mol. The van der Waals surface area contributed by atoms with Gasteiger partial charge in [-0.2, -0.15) is 0 Å². The minimum absolute atomic E-state index is 0.261. The van der Waals surface area contributed by atoms with Crippen LogP contribution in [0.1, 0.15) is 18.1 Å². The molecule has 0 aliphatic carbocycles. The normalized spacial score (nSPS) is 13.8. The Balaban J connectivity index is 2.03. The Bertz CT molecular complexity index is 544. The van der Waals surface area contributed by atoms with Gasteiger partial charge in [0, 0.05) is 12.8 Å². The summed E-state index contributed by atoms with van der Waals surface area (Å²) in [6.07, 6.45) is 1.02. The zero-order valence-corrected chi connectivity index (χ0v) is 11.8. The van der Waals surface area contributed by atoms with Gasteiger partial charge in [-0.1, -0.05) is 24.3 Å². The monoisotopic (exact) mass is 274 g/mol. The molecule has 3 heteroatoms. The summed E-state index contributed by atoms with van der Waals surface area (Å²) in [7, 11) is 1.62. The quantitative estimate of drug-likeness (QED) is 0.905. The number of rotatable bonds is 5. The van der Waals surface area contributed by atoms with E-state index in [1.165, 1.54) is 12.1 Å². The Morgan fingerprint density at radius 1 is 0.950 bits per heavy atom. The van der Waals surface area contributed by atoms with Crippen LogP contribution in [0.2, 0.25) is 0 Å². The third kappa shape index (κ3) is 4.07. The first-order valence-corrected chi connectivity index (χ1v) is 6.58. The minimum atomic E-state index is -0.869. The van der Waals surface area contributed by atoms with Crippen molar-refractivity contribution in [2.75, 3.05) is 7.11 Å². The van der Waals surface area contributed by atoms with E-state index in [1.807, 2.05) is 24.3 Å². The summed E-state index contributed by atoms with van der Waals surface area (Å²) in [6, 6.07) is 13.9. The van der Waals surface area contributed by atoms with E-state index in [4.69, 9.17) is 4.74 Å². The number of benzene rings is 2. The fourth-order valence-electron chi connectivity index (χ4n) is 2.29. The molecule has 0 heterocycles. The van der Waals surface area contributed by atoms with Gasteiger partial charge in [0.05, 0.1) is 12.7 Å². The number of aliphatic hydroxyl groups is 1. The van der Waals surface area contributed by atoms with Crippen LogP contribution < -0.4 is 4.74 Å². The average molecular weight is 274 g/mol. The van der Waals surface area contributed by atoms with Gasteiger partial charge in [0.2, 0.25) is 0 Å². The summed E-state index contributed by atoms with van der Waals surface area (Å²) in [6.45, 7) is 1.79. The van der Waals surface area contributed by atoms with Crippen molar-refractivity contribution in [3.8, 4) is 5.75 Å². The van der Waals surface area contributed by atoms with Gasteiger partial charge in [-0.15, -0.1) is 0 Å². The van der Waals surface area contributed by atoms with E-state index in [1.54, 1.807) is 26.2 Å². The molecule has 2 aromatic carbocycles. The van der Waals surface area contributed by atoms with Gasteiger partial charge >= 0.3 is 0 Å². The molecular formula is C17H19FO2. The fourth-order valence-corrected chi connectivity index (χ4v) is 2.29. The van der Waals surface area contributed by atoms with Crippen LogP contribution in [0, 0.1) is 5.82 Å². The van der Waals surface area contributed by atoms with E-state index in [0.717, 1.165) is 16.9 Å². The molecule has 1 atom stereocenters. The Morgan fingerprint density at radius 3 is 1.85 bits per heavy atom.